The van der Waals surface area contributed by atoms with Crippen molar-refractivity contribution in [3.63, 3.8) is 0 Å². The van der Waals surface area contributed by atoms with Crippen LogP contribution in [0.25, 0.3) is 0 Å². The second-order valence-corrected chi connectivity index (χ2v) is 6.69. The van der Waals surface area contributed by atoms with Gasteiger partial charge in [0.25, 0.3) is 0 Å². The summed E-state index contributed by atoms with van der Waals surface area (Å²) in [4.78, 5) is 19.2. The SMILES string of the molecule is COCCN1CCC(CNC(=O)CN2CCCN(C)CC2)C1. The number of nitrogens with one attached hydrogen (secondary N) is 1. The van der Waals surface area contributed by atoms with Gasteiger partial charge in [-0.25, -0.2) is 0 Å². The molecule has 2 heterocycles. The molecule has 0 aromatic carbocycles. The van der Waals surface area contributed by atoms with Gasteiger partial charge in [0.1, 0.15) is 0 Å². The van der Waals surface area contributed by atoms with E-state index in [2.05, 4.69) is 27.1 Å². The number of hydrogen-bond acceptors (Lipinski definition) is 5. The zero-order valence-electron chi connectivity index (χ0n) is 14.2. The number of amides is 1. The summed E-state index contributed by atoms with van der Waals surface area (Å²) in [5.41, 5.74) is 0. The van der Waals surface area contributed by atoms with Gasteiger partial charge in [-0.15, -0.1) is 0 Å². The Kier molecular flexibility index (Phi) is 7.59. The van der Waals surface area contributed by atoms with Crippen LogP contribution >= 0.6 is 0 Å². The number of rotatable bonds is 7. The molecule has 2 saturated heterocycles. The Hall–Kier alpha value is -0.690. The largest absolute Gasteiger partial charge is 0.383 e. The van der Waals surface area contributed by atoms with Crippen molar-refractivity contribution in [1.82, 2.24) is 20.0 Å². The van der Waals surface area contributed by atoms with Crippen LogP contribution in [0.4, 0.5) is 0 Å². The molecule has 6 heteroatoms. The van der Waals surface area contributed by atoms with Crippen molar-refractivity contribution < 1.29 is 9.53 Å². The minimum Gasteiger partial charge on any atom is -0.383 e. The molecule has 2 aliphatic heterocycles. The molecule has 0 bridgehead atoms. The smallest absolute Gasteiger partial charge is 0.234 e. The molecule has 2 rings (SSSR count). The number of hydrogen-bond donors (Lipinski definition) is 1. The van der Waals surface area contributed by atoms with Crippen LogP contribution in [0.5, 0.6) is 0 Å². The minimum absolute atomic E-state index is 0.180. The number of carbonyl (C=O) groups is 1. The van der Waals surface area contributed by atoms with E-state index in [9.17, 15) is 4.79 Å². The number of ether oxygens (including phenoxy) is 1. The van der Waals surface area contributed by atoms with E-state index in [1.807, 2.05) is 0 Å². The minimum atomic E-state index is 0.180. The van der Waals surface area contributed by atoms with Gasteiger partial charge in [0.2, 0.25) is 5.91 Å². The highest BCUT2D eigenvalue weighted by atomic mass is 16.5. The third-order valence-corrected chi connectivity index (χ3v) is 4.75. The molecule has 2 aliphatic rings. The molecule has 0 aromatic heterocycles. The van der Waals surface area contributed by atoms with Crippen molar-refractivity contribution in [1.29, 1.82) is 0 Å². The molecule has 0 radical (unpaired) electrons. The Morgan fingerprint density at radius 2 is 2.05 bits per heavy atom. The molecule has 2 fully saturated rings. The van der Waals surface area contributed by atoms with E-state index in [1.165, 1.54) is 6.42 Å². The molecule has 6 nitrogen and oxygen atoms in total. The maximum Gasteiger partial charge on any atom is 0.234 e. The lowest BCUT2D eigenvalue weighted by Crippen LogP contribution is -2.40. The normalized spacial score (nSPS) is 25.3. The summed E-state index contributed by atoms with van der Waals surface area (Å²) in [7, 11) is 3.90. The van der Waals surface area contributed by atoms with Crippen molar-refractivity contribution >= 4 is 5.91 Å². The fraction of sp³-hybridized carbons (Fsp3) is 0.938. The van der Waals surface area contributed by atoms with Crippen molar-refractivity contribution in [3.05, 3.63) is 0 Å². The Morgan fingerprint density at radius 1 is 1.18 bits per heavy atom. The maximum atomic E-state index is 12.1. The van der Waals surface area contributed by atoms with Gasteiger partial charge in [-0.1, -0.05) is 0 Å². The quantitative estimate of drug-likeness (QED) is 0.700. The fourth-order valence-corrected chi connectivity index (χ4v) is 3.28. The summed E-state index contributed by atoms with van der Waals surface area (Å²) in [6.45, 7) is 9.60. The monoisotopic (exact) mass is 312 g/mol. The average molecular weight is 312 g/mol. The van der Waals surface area contributed by atoms with Gasteiger partial charge in [-0.3, -0.25) is 9.69 Å². The molecule has 1 amide bonds. The lowest BCUT2D eigenvalue weighted by Gasteiger charge is -2.20. The molecule has 1 unspecified atom stereocenters. The van der Waals surface area contributed by atoms with E-state index in [4.69, 9.17) is 4.74 Å². The van der Waals surface area contributed by atoms with Crippen LogP contribution in [-0.2, 0) is 9.53 Å². The number of likely N-dealkylation sites (N-methyl/N-ethyl adjacent to an activating group) is 1. The first-order chi connectivity index (χ1) is 10.7. The van der Waals surface area contributed by atoms with Crippen LogP contribution in [0.1, 0.15) is 12.8 Å². The van der Waals surface area contributed by atoms with Gasteiger partial charge >= 0.3 is 0 Å². The predicted octanol–water partition coefficient (Wildman–Crippen LogP) is -0.292. The van der Waals surface area contributed by atoms with Crippen molar-refractivity contribution in [3.8, 4) is 0 Å². The summed E-state index contributed by atoms with van der Waals surface area (Å²) in [6, 6.07) is 0. The zero-order chi connectivity index (χ0) is 15.8. The van der Waals surface area contributed by atoms with Crippen LogP contribution in [0.3, 0.4) is 0 Å². The van der Waals surface area contributed by atoms with E-state index in [-0.39, 0.29) is 5.91 Å². The van der Waals surface area contributed by atoms with E-state index in [1.54, 1.807) is 7.11 Å². The molecule has 22 heavy (non-hydrogen) atoms. The number of methoxy groups -OCH3 is 1. The van der Waals surface area contributed by atoms with E-state index in [0.717, 1.165) is 65.4 Å². The first kappa shape index (κ1) is 17.7. The number of carbonyl (C=O) groups excluding carboxylic acids is 1. The van der Waals surface area contributed by atoms with Crippen LogP contribution in [-0.4, -0.2) is 100 Å². The Bertz CT molecular complexity index is 340. The highest BCUT2D eigenvalue weighted by molar-refractivity contribution is 5.78. The van der Waals surface area contributed by atoms with Crippen LogP contribution in [0.2, 0.25) is 0 Å². The maximum absolute atomic E-state index is 12.1. The Morgan fingerprint density at radius 3 is 2.86 bits per heavy atom. The zero-order valence-corrected chi connectivity index (χ0v) is 14.2. The van der Waals surface area contributed by atoms with Gasteiger partial charge in [0.05, 0.1) is 13.2 Å². The molecular formula is C16H32N4O2. The van der Waals surface area contributed by atoms with Crippen molar-refractivity contribution in [2.45, 2.75) is 12.8 Å². The lowest BCUT2D eigenvalue weighted by atomic mass is 10.1. The molecule has 128 valence electrons. The molecule has 1 atom stereocenters. The topological polar surface area (TPSA) is 48.1 Å². The van der Waals surface area contributed by atoms with Gasteiger partial charge < -0.3 is 19.9 Å². The molecular weight excluding hydrogens is 280 g/mol. The first-order valence-electron chi connectivity index (χ1n) is 8.56. The highest BCUT2D eigenvalue weighted by Crippen LogP contribution is 2.14. The summed E-state index contributed by atoms with van der Waals surface area (Å²) in [6.07, 6.45) is 2.33. The third-order valence-electron chi connectivity index (χ3n) is 4.75. The fourth-order valence-electron chi connectivity index (χ4n) is 3.28. The van der Waals surface area contributed by atoms with Gasteiger partial charge in [-0.2, -0.15) is 0 Å². The number of likely N-dealkylation sites (tertiary alicyclic amines) is 1. The molecule has 0 aromatic rings. The van der Waals surface area contributed by atoms with E-state index < -0.39 is 0 Å². The first-order valence-corrected chi connectivity index (χ1v) is 8.56. The Balaban J connectivity index is 1.59. The second-order valence-electron chi connectivity index (χ2n) is 6.69. The van der Waals surface area contributed by atoms with Gasteiger partial charge in [-0.05, 0) is 45.4 Å². The van der Waals surface area contributed by atoms with Crippen LogP contribution in [0.15, 0.2) is 0 Å². The average Bonchev–Trinajstić information content (AvgIpc) is 2.86. The second kappa shape index (κ2) is 9.45. The molecule has 0 spiro atoms. The van der Waals surface area contributed by atoms with Crippen LogP contribution in [0, 0.1) is 5.92 Å². The summed E-state index contributed by atoms with van der Waals surface area (Å²) < 4.78 is 5.12. The third kappa shape index (κ3) is 6.20. The predicted molar refractivity (Wildman–Crippen MR) is 88.0 cm³/mol. The number of nitrogens with zero attached hydrogens (tertiary/aromatic N) is 3. The summed E-state index contributed by atoms with van der Waals surface area (Å²) in [5.74, 6) is 0.774. The summed E-state index contributed by atoms with van der Waals surface area (Å²) >= 11 is 0. The highest BCUT2D eigenvalue weighted by Gasteiger charge is 2.23. The van der Waals surface area contributed by atoms with Gasteiger partial charge in [0, 0.05) is 39.8 Å². The molecule has 0 saturated carbocycles. The molecule has 0 aliphatic carbocycles. The van der Waals surface area contributed by atoms with E-state index in [0.29, 0.717) is 12.5 Å². The van der Waals surface area contributed by atoms with Gasteiger partial charge in [0.15, 0.2) is 0 Å². The van der Waals surface area contributed by atoms with Crippen molar-refractivity contribution in [2.24, 2.45) is 5.92 Å². The Labute approximate surface area is 134 Å². The summed E-state index contributed by atoms with van der Waals surface area (Å²) in [5, 5.41) is 3.13. The lowest BCUT2D eigenvalue weighted by molar-refractivity contribution is -0.122. The van der Waals surface area contributed by atoms with Crippen molar-refractivity contribution in [2.75, 3.05) is 79.7 Å². The standard InChI is InChI=1S/C16H32N4O2/c1-18-5-3-6-19(9-8-18)14-16(21)17-12-15-4-7-20(13-15)10-11-22-2/h15H,3-14H2,1-2H3,(H,17,21). The van der Waals surface area contributed by atoms with E-state index >= 15 is 0 Å². The molecule has 1 N–H and O–H groups in total. The van der Waals surface area contributed by atoms with Crippen LogP contribution < -0.4 is 5.32 Å².